The number of carboxylic acid groups (broad SMARTS) is 6. The number of nitrogens with zero attached hydrogens (tertiary/aromatic N) is 3. The van der Waals surface area contributed by atoms with Gasteiger partial charge in [-0.25, -0.2) is 0 Å². The van der Waals surface area contributed by atoms with Crippen LogP contribution < -0.4 is 5.32 Å². The topological polar surface area (TPSA) is 283 Å². The molecule has 0 radical (unpaired) electrons. The Morgan fingerprint density at radius 3 is 1.68 bits per heavy atom. The van der Waals surface area contributed by atoms with Gasteiger partial charge >= 0.3 is 35.8 Å². The molecule has 0 bridgehead atoms. The van der Waals surface area contributed by atoms with E-state index < -0.39 is 74.1 Å². The van der Waals surface area contributed by atoms with Gasteiger partial charge in [0.05, 0.1) is 32.3 Å². The van der Waals surface area contributed by atoms with Crippen LogP contribution in [0.15, 0.2) is 0 Å². The maximum atomic E-state index is 13.5. The molecule has 0 aliphatic heterocycles. The van der Waals surface area contributed by atoms with E-state index in [1.54, 1.807) is 0 Å². The summed E-state index contributed by atoms with van der Waals surface area (Å²) in [4.78, 5) is 86.6. The molecule has 4 fully saturated rings. The average molecular weight is 839 g/mol. The van der Waals surface area contributed by atoms with Crippen molar-refractivity contribution >= 4 is 41.7 Å². The third-order valence-corrected chi connectivity index (χ3v) is 14.8. The van der Waals surface area contributed by atoms with Crippen LogP contribution in [0.2, 0.25) is 0 Å². The lowest BCUT2D eigenvalue weighted by molar-refractivity contribution is -0.167. The Labute approximate surface area is 345 Å². The molecule has 0 heterocycles. The number of carbonyl (C=O) groups is 7. The highest BCUT2D eigenvalue weighted by molar-refractivity contribution is 5.79. The molecule has 18 heteroatoms. The van der Waals surface area contributed by atoms with Gasteiger partial charge < -0.3 is 41.1 Å². The predicted octanol–water partition coefficient (Wildman–Crippen LogP) is 2.08. The van der Waals surface area contributed by atoms with E-state index in [-0.39, 0.29) is 80.1 Å². The second kappa shape index (κ2) is 20.6. The maximum Gasteiger partial charge on any atom is 0.320 e. The first-order chi connectivity index (χ1) is 27.6. The van der Waals surface area contributed by atoms with Crippen molar-refractivity contribution in [1.29, 1.82) is 0 Å². The first kappa shape index (κ1) is 47.8. The molecule has 8 N–H and O–H groups in total. The number of amides is 1. The monoisotopic (exact) mass is 838 g/mol. The molecular weight excluding hydrogens is 772 g/mol. The van der Waals surface area contributed by atoms with Gasteiger partial charge in [0, 0.05) is 45.1 Å². The molecule has 18 nitrogen and oxygen atoms in total. The highest BCUT2D eigenvalue weighted by Gasteiger charge is 2.63. The number of hydrogen-bond donors (Lipinski definition) is 8. The molecule has 334 valence electrons. The third-order valence-electron chi connectivity index (χ3n) is 14.8. The van der Waals surface area contributed by atoms with Crippen LogP contribution in [0, 0.1) is 46.3 Å². The highest BCUT2D eigenvalue weighted by atomic mass is 16.4. The molecule has 0 spiro atoms. The van der Waals surface area contributed by atoms with Gasteiger partial charge in [0.25, 0.3) is 0 Å². The van der Waals surface area contributed by atoms with Crippen LogP contribution in [0.25, 0.3) is 0 Å². The molecule has 4 rings (SSSR count). The van der Waals surface area contributed by atoms with Crippen LogP contribution in [-0.2, 0) is 33.6 Å². The van der Waals surface area contributed by atoms with Gasteiger partial charge in [0.15, 0.2) is 0 Å². The summed E-state index contributed by atoms with van der Waals surface area (Å²) >= 11 is 0. The van der Waals surface area contributed by atoms with Gasteiger partial charge in [-0.3, -0.25) is 48.3 Å². The lowest BCUT2D eigenvalue weighted by atomic mass is 9.43. The minimum absolute atomic E-state index is 0.0152. The lowest BCUT2D eigenvalue weighted by Crippen LogP contribution is -2.59. The van der Waals surface area contributed by atoms with Gasteiger partial charge in [-0.15, -0.1) is 0 Å². The number of fused-ring (bicyclic) bond motifs is 5. The van der Waals surface area contributed by atoms with Crippen molar-refractivity contribution in [1.82, 2.24) is 20.0 Å². The molecule has 59 heavy (non-hydrogen) atoms. The van der Waals surface area contributed by atoms with E-state index in [1.807, 2.05) is 0 Å². The zero-order chi connectivity index (χ0) is 43.8. The van der Waals surface area contributed by atoms with E-state index in [9.17, 15) is 69.3 Å². The first-order valence-electron chi connectivity index (χ1n) is 21.1. The number of aliphatic hydroxyl groups is 1. The Hall–Kier alpha value is -3.87. The molecule has 4 aliphatic rings. The summed E-state index contributed by atoms with van der Waals surface area (Å²) < 4.78 is 0. The van der Waals surface area contributed by atoms with Crippen LogP contribution >= 0.6 is 0 Å². The van der Waals surface area contributed by atoms with Crippen molar-refractivity contribution < 1.29 is 69.3 Å². The number of carboxylic acids is 6. The van der Waals surface area contributed by atoms with Gasteiger partial charge in [0.1, 0.15) is 6.04 Å². The highest BCUT2D eigenvalue weighted by Crippen LogP contribution is 2.68. The summed E-state index contributed by atoms with van der Waals surface area (Å²) in [5.41, 5.74) is 0.0448. The van der Waals surface area contributed by atoms with Crippen LogP contribution in [0.3, 0.4) is 0 Å². The van der Waals surface area contributed by atoms with Crippen LogP contribution in [-0.4, -0.2) is 163 Å². The van der Waals surface area contributed by atoms with Crippen molar-refractivity contribution in [3.05, 3.63) is 0 Å². The van der Waals surface area contributed by atoms with Crippen molar-refractivity contribution in [3.8, 4) is 0 Å². The summed E-state index contributed by atoms with van der Waals surface area (Å²) in [5.74, 6) is -5.84. The van der Waals surface area contributed by atoms with E-state index in [0.29, 0.717) is 42.9 Å². The molecule has 4 saturated carbocycles. The summed E-state index contributed by atoms with van der Waals surface area (Å²) in [6.07, 6.45) is 7.04. The summed E-state index contributed by atoms with van der Waals surface area (Å²) in [6.45, 7) is 3.64. The summed E-state index contributed by atoms with van der Waals surface area (Å²) in [5, 5.41) is 71.7. The minimum atomic E-state index is -1.32. The third kappa shape index (κ3) is 12.4. The number of aliphatic carboxylic acids is 6. The largest absolute Gasteiger partial charge is 0.481 e. The molecule has 1 unspecified atom stereocenters. The molecule has 1 amide bonds. The van der Waals surface area contributed by atoms with Gasteiger partial charge in [-0.05, 0) is 111 Å². The summed E-state index contributed by atoms with van der Waals surface area (Å²) in [7, 11) is 0. The minimum Gasteiger partial charge on any atom is -0.481 e. The second-order valence-electron chi connectivity index (χ2n) is 18.4. The fourth-order valence-electron chi connectivity index (χ4n) is 12.1. The molecule has 0 saturated heterocycles. The number of aliphatic hydroxyl groups excluding tert-OH is 1. The first-order valence-corrected chi connectivity index (χ1v) is 21.1. The molecular formula is C41H66N4O14. The van der Waals surface area contributed by atoms with Crippen molar-refractivity contribution in [3.63, 3.8) is 0 Å². The Bertz CT molecular complexity index is 1470. The van der Waals surface area contributed by atoms with E-state index in [2.05, 4.69) is 26.1 Å². The van der Waals surface area contributed by atoms with E-state index in [0.717, 1.165) is 48.3 Å². The van der Waals surface area contributed by atoms with Gasteiger partial charge in [-0.2, -0.15) is 0 Å². The zero-order valence-electron chi connectivity index (χ0n) is 34.7. The predicted molar refractivity (Wildman–Crippen MR) is 210 cm³/mol. The second-order valence-corrected chi connectivity index (χ2v) is 18.4. The van der Waals surface area contributed by atoms with Gasteiger partial charge in [0.2, 0.25) is 5.91 Å². The van der Waals surface area contributed by atoms with Crippen molar-refractivity contribution in [2.45, 2.75) is 116 Å². The Kier molecular flexibility index (Phi) is 16.7. The molecule has 11 atom stereocenters. The van der Waals surface area contributed by atoms with Crippen molar-refractivity contribution in [2.24, 2.45) is 46.3 Å². The molecule has 0 aromatic heterocycles. The standard InChI is InChI=1S/C41H66N4O14/c1-24(4-9-33(48)49)27-5-6-28-38-29(11-13-41(27,28)3)40(2)12-10-26(18-25(40)19-31(38)46)42-32(47)8-7-30(39(58)59)45(16-14-43(20-34(50)51)21-35(52)53)17-15-44(22-36(54)55)23-37(56)57/h24-31,38,46H,4-23H2,1-3H3,(H,42,47)(H,48,49)(H,50,51)(H,52,53)(H,54,55)(H,56,57)(H,58,59)/t24-,25+,26+,27-,28+,29+,30?,31-,38+,40+,41-/m1/s1. The maximum absolute atomic E-state index is 13.5. The van der Waals surface area contributed by atoms with E-state index in [1.165, 1.54) is 4.90 Å². The lowest BCUT2D eigenvalue weighted by Gasteiger charge is -2.62. The van der Waals surface area contributed by atoms with E-state index in [4.69, 9.17) is 0 Å². The van der Waals surface area contributed by atoms with Crippen LogP contribution in [0.4, 0.5) is 0 Å². The van der Waals surface area contributed by atoms with Crippen LogP contribution in [0.5, 0.6) is 0 Å². The average Bonchev–Trinajstić information content (AvgIpc) is 3.47. The van der Waals surface area contributed by atoms with E-state index >= 15 is 0 Å². The molecule has 0 aromatic rings. The smallest absolute Gasteiger partial charge is 0.320 e. The molecule has 0 aromatic carbocycles. The fraction of sp³-hybridized carbons (Fsp3) is 0.829. The SMILES string of the molecule is C[C@H](CCC(=O)O)[C@H]1CC[C@H]2[C@@H]3[C@H](O)C[C@@H]4C[C@@H](NC(=O)CCC(C(=O)O)N(CCN(CC(=O)O)CC(=O)O)CCN(CC(=O)O)CC(=O)O)CC[C@]4(C)[C@H]3CC[C@]12C. The number of carbonyl (C=O) groups excluding carboxylic acids is 1. The molecule has 4 aliphatic carbocycles. The normalized spacial score (nSPS) is 31.1. The number of hydrogen-bond acceptors (Lipinski definition) is 11. The summed E-state index contributed by atoms with van der Waals surface area (Å²) in [6, 6.07) is -1.49. The number of rotatable bonds is 24. The fourth-order valence-corrected chi connectivity index (χ4v) is 12.1. The van der Waals surface area contributed by atoms with Crippen LogP contribution in [0.1, 0.15) is 97.8 Å². The Morgan fingerprint density at radius 1 is 0.644 bits per heavy atom. The number of nitrogens with one attached hydrogen (secondary N) is 1. The Balaban J connectivity index is 1.40. The Morgan fingerprint density at radius 2 is 1.17 bits per heavy atom. The zero-order valence-corrected chi connectivity index (χ0v) is 34.7. The van der Waals surface area contributed by atoms with Gasteiger partial charge in [-0.1, -0.05) is 20.8 Å². The quantitative estimate of drug-likeness (QED) is 0.0691. The van der Waals surface area contributed by atoms with Crippen molar-refractivity contribution in [2.75, 3.05) is 52.4 Å².